The Balaban J connectivity index is 1.64. The zero-order chi connectivity index (χ0) is 23.5. The van der Waals surface area contributed by atoms with Crippen molar-refractivity contribution in [2.75, 3.05) is 46.4 Å². The maximum absolute atomic E-state index is 12.8. The zero-order valence-electron chi connectivity index (χ0n) is 18.8. The zero-order valence-corrected chi connectivity index (χ0v) is 19.6. The summed E-state index contributed by atoms with van der Waals surface area (Å²) >= 11 is 0. The second-order valence-corrected chi connectivity index (χ2v) is 10.1. The number of likely N-dealkylation sites (tertiary alicyclic amines) is 1. The third-order valence-corrected chi connectivity index (χ3v) is 7.89. The van der Waals surface area contributed by atoms with Gasteiger partial charge >= 0.3 is 5.97 Å². The Kier molecular flexibility index (Phi) is 7.60. The van der Waals surface area contributed by atoms with Crippen LogP contribution in [0, 0.1) is 12.8 Å². The molecule has 1 atom stereocenters. The van der Waals surface area contributed by atoms with Crippen LogP contribution in [0.1, 0.15) is 48.9 Å². The minimum absolute atomic E-state index is 0.0178. The number of esters is 1. The number of likely N-dealkylation sites (N-methyl/N-ethyl adjacent to an activating group) is 1. The van der Waals surface area contributed by atoms with E-state index in [1.807, 2.05) is 0 Å². The summed E-state index contributed by atoms with van der Waals surface area (Å²) in [5, 5.41) is 0. The van der Waals surface area contributed by atoms with E-state index < -0.39 is 15.9 Å². The van der Waals surface area contributed by atoms with Crippen molar-refractivity contribution in [3.63, 3.8) is 0 Å². The molecule has 2 amide bonds. The molecule has 2 saturated heterocycles. The molecule has 0 spiro atoms. The summed E-state index contributed by atoms with van der Waals surface area (Å²) in [4.78, 5) is 40.3. The molecule has 2 aliphatic rings. The van der Waals surface area contributed by atoms with E-state index in [1.54, 1.807) is 11.8 Å². The average molecular weight is 470 g/mol. The molecule has 0 aliphatic carbocycles. The predicted octanol–water partition coefficient (Wildman–Crippen LogP) is 1.25. The molecule has 2 aliphatic heterocycles. The number of sulfonamides is 1. The lowest BCUT2D eigenvalue weighted by Gasteiger charge is -2.32. The van der Waals surface area contributed by atoms with Crippen molar-refractivity contribution in [1.29, 1.82) is 0 Å². The molecule has 2 fully saturated rings. The smallest absolute Gasteiger partial charge is 0.310 e. The highest BCUT2D eigenvalue weighted by molar-refractivity contribution is 7.89. The van der Waals surface area contributed by atoms with E-state index in [2.05, 4.69) is 0 Å². The number of furan rings is 1. The Bertz CT molecular complexity index is 966. The quantitative estimate of drug-likeness (QED) is 0.552. The van der Waals surface area contributed by atoms with Crippen LogP contribution < -0.4 is 0 Å². The largest absolute Gasteiger partial charge is 0.466 e. The number of carbonyl (C=O) groups is 3. The Morgan fingerprint density at radius 3 is 2.53 bits per heavy atom. The second kappa shape index (κ2) is 10.0. The van der Waals surface area contributed by atoms with E-state index in [9.17, 15) is 22.8 Å². The minimum atomic E-state index is -3.72. The Labute approximate surface area is 188 Å². The van der Waals surface area contributed by atoms with Gasteiger partial charge < -0.3 is 19.0 Å². The molecule has 1 unspecified atom stereocenters. The highest BCUT2D eigenvalue weighted by Gasteiger charge is 2.33. The van der Waals surface area contributed by atoms with Crippen LogP contribution in [0.25, 0.3) is 0 Å². The van der Waals surface area contributed by atoms with Gasteiger partial charge in [0.2, 0.25) is 15.9 Å². The lowest BCUT2D eigenvalue weighted by Crippen LogP contribution is -2.47. The van der Waals surface area contributed by atoms with Gasteiger partial charge in [0.1, 0.15) is 10.7 Å². The maximum Gasteiger partial charge on any atom is 0.310 e. The van der Waals surface area contributed by atoms with Crippen LogP contribution in [0.2, 0.25) is 0 Å². The number of piperidine rings is 1. The number of hydrogen-bond donors (Lipinski definition) is 0. The summed E-state index contributed by atoms with van der Waals surface area (Å²) in [6.07, 6.45) is 2.96. The average Bonchev–Trinajstić information content (AvgIpc) is 3.44. The number of hydrogen-bond acceptors (Lipinski definition) is 7. The number of amides is 2. The summed E-state index contributed by atoms with van der Waals surface area (Å²) in [5.74, 6) is -1.52. The highest BCUT2D eigenvalue weighted by atomic mass is 32.2. The van der Waals surface area contributed by atoms with Crippen LogP contribution in [-0.2, 0) is 24.3 Å². The summed E-state index contributed by atoms with van der Waals surface area (Å²) in [5.41, 5.74) is 0. The lowest BCUT2D eigenvalue weighted by atomic mass is 9.98. The molecule has 1 aromatic rings. The summed E-state index contributed by atoms with van der Waals surface area (Å²) in [7, 11) is -2.26. The first-order valence-corrected chi connectivity index (χ1v) is 12.4. The second-order valence-electron chi connectivity index (χ2n) is 8.23. The first-order valence-electron chi connectivity index (χ1n) is 11.0. The van der Waals surface area contributed by atoms with Crippen molar-refractivity contribution in [2.45, 2.75) is 44.4 Å². The first-order chi connectivity index (χ1) is 15.1. The fourth-order valence-electron chi connectivity index (χ4n) is 4.11. The molecule has 32 heavy (non-hydrogen) atoms. The third kappa shape index (κ3) is 5.15. The summed E-state index contributed by atoms with van der Waals surface area (Å²) < 4.78 is 37.6. The van der Waals surface area contributed by atoms with E-state index in [1.165, 1.54) is 29.2 Å². The molecule has 0 aromatic carbocycles. The Morgan fingerprint density at radius 2 is 1.88 bits per heavy atom. The van der Waals surface area contributed by atoms with Crippen molar-refractivity contribution in [2.24, 2.45) is 5.92 Å². The van der Waals surface area contributed by atoms with Crippen LogP contribution in [0.15, 0.2) is 15.4 Å². The van der Waals surface area contributed by atoms with Crippen molar-refractivity contribution in [3.05, 3.63) is 17.6 Å². The van der Waals surface area contributed by atoms with E-state index in [4.69, 9.17) is 9.15 Å². The predicted molar refractivity (Wildman–Crippen MR) is 114 cm³/mol. The van der Waals surface area contributed by atoms with E-state index in [0.29, 0.717) is 39.1 Å². The van der Waals surface area contributed by atoms with Crippen molar-refractivity contribution in [3.8, 4) is 0 Å². The van der Waals surface area contributed by atoms with Crippen molar-refractivity contribution in [1.82, 2.24) is 14.1 Å². The van der Waals surface area contributed by atoms with Gasteiger partial charge in [-0.15, -0.1) is 0 Å². The van der Waals surface area contributed by atoms with Gasteiger partial charge in [-0.1, -0.05) is 0 Å². The molecule has 0 radical (unpaired) electrons. The van der Waals surface area contributed by atoms with Gasteiger partial charge in [0.25, 0.3) is 5.91 Å². The molecule has 3 heterocycles. The molecule has 3 rings (SSSR count). The molecular formula is C21H31N3O7S. The number of ether oxygens (including phenoxy) is 1. The number of nitrogens with zero attached hydrogens (tertiary/aromatic N) is 3. The van der Waals surface area contributed by atoms with Crippen LogP contribution in [0.3, 0.4) is 0 Å². The van der Waals surface area contributed by atoms with Crippen molar-refractivity contribution < 1.29 is 32.0 Å². The van der Waals surface area contributed by atoms with Gasteiger partial charge in [-0.25, -0.2) is 8.42 Å². The third-order valence-electron chi connectivity index (χ3n) is 5.88. The Morgan fingerprint density at radius 1 is 1.19 bits per heavy atom. The molecule has 11 heteroatoms. The Hall–Kier alpha value is -2.40. The minimum Gasteiger partial charge on any atom is -0.466 e. The molecule has 0 saturated carbocycles. The SMILES string of the molecule is CCOC(=O)C1CCCN(C(=O)CN(C)C(=O)c2cc(S(=O)(=O)N3CCCC3)c(C)o2)C1. The fraction of sp³-hybridized carbons (Fsp3) is 0.667. The van der Waals surface area contributed by atoms with Crippen LogP contribution in [-0.4, -0.2) is 86.7 Å². The molecule has 0 N–H and O–H groups in total. The van der Waals surface area contributed by atoms with Gasteiger partial charge in [0, 0.05) is 39.3 Å². The maximum atomic E-state index is 12.8. The monoisotopic (exact) mass is 469 g/mol. The van der Waals surface area contributed by atoms with Crippen LogP contribution >= 0.6 is 0 Å². The molecule has 178 valence electrons. The van der Waals surface area contributed by atoms with Gasteiger partial charge in [-0.05, 0) is 39.5 Å². The molecule has 1 aromatic heterocycles. The van der Waals surface area contributed by atoms with Gasteiger partial charge in [-0.2, -0.15) is 4.31 Å². The van der Waals surface area contributed by atoms with Crippen LogP contribution in [0.4, 0.5) is 0 Å². The molecular weight excluding hydrogens is 438 g/mol. The number of aryl methyl sites for hydroxylation is 1. The first kappa shape index (κ1) is 24.2. The van der Waals surface area contributed by atoms with Crippen molar-refractivity contribution >= 4 is 27.8 Å². The highest BCUT2D eigenvalue weighted by Crippen LogP contribution is 2.27. The number of rotatable bonds is 7. The van der Waals surface area contributed by atoms with Crippen LogP contribution in [0.5, 0.6) is 0 Å². The van der Waals surface area contributed by atoms with Gasteiger partial charge in [0.15, 0.2) is 5.76 Å². The topological polar surface area (TPSA) is 117 Å². The number of carbonyl (C=O) groups excluding carboxylic acids is 3. The molecule has 0 bridgehead atoms. The van der Waals surface area contributed by atoms with E-state index >= 15 is 0 Å². The van der Waals surface area contributed by atoms with E-state index in [-0.39, 0.29) is 47.3 Å². The molecule has 10 nitrogen and oxygen atoms in total. The fourth-order valence-corrected chi connectivity index (χ4v) is 5.79. The van der Waals surface area contributed by atoms with Gasteiger partial charge in [0.05, 0.1) is 19.1 Å². The summed E-state index contributed by atoms with van der Waals surface area (Å²) in [6, 6.07) is 1.24. The van der Waals surface area contributed by atoms with E-state index in [0.717, 1.165) is 12.8 Å². The normalized spacial score (nSPS) is 19.7. The summed E-state index contributed by atoms with van der Waals surface area (Å²) in [6.45, 7) is 5.00. The standard InChI is InChI=1S/C21H31N3O7S/c1-4-30-21(27)16-8-7-9-23(13-16)19(25)14-22(3)20(26)17-12-18(15(2)31-17)32(28,29)24-10-5-6-11-24/h12,16H,4-11,13-14H2,1-3H3. The lowest BCUT2D eigenvalue weighted by molar-refractivity contribution is -0.151. The van der Waals surface area contributed by atoms with Gasteiger partial charge in [-0.3, -0.25) is 14.4 Å².